The summed E-state index contributed by atoms with van der Waals surface area (Å²) in [6, 6.07) is 7.72. The first kappa shape index (κ1) is 12.6. The Labute approximate surface area is 121 Å². The Morgan fingerprint density at radius 3 is 2.89 bits per heavy atom. The molecule has 0 bridgehead atoms. The Balaban J connectivity index is 1.74. The van der Waals surface area contributed by atoms with Crippen LogP contribution in [-0.2, 0) is 0 Å². The number of nitrogens with zero attached hydrogens (tertiary/aromatic N) is 2. The number of aromatic nitrogens is 1. The molecule has 1 aromatic carbocycles. The van der Waals surface area contributed by atoms with E-state index >= 15 is 0 Å². The van der Waals surface area contributed by atoms with E-state index < -0.39 is 0 Å². The number of hydrogen-bond donors (Lipinski definition) is 1. The molecule has 19 heavy (non-hydrogen) atoms. The van der Waals surface area contributed by atoms with Gasteiger partial charge in [-0.2, -0.15) is 5.10 Å². The van der Waals surface area contributed by atoms with Gasteiger partial charge >= 0.3 is 0 Å². The standard InChI is InChI=1S/C14H14ClN3S/c15-11-5-3-4-10(8-11)13-9-19-14(16-13)18-17-12-6-1-2-7-12/h3-5,8-9H,1-2,6-7H2,(H,16,18). The number of hydrazone groups is 1. The molecule has 5 heteroatoms. The van der Waals surface area contributed by atoms with Gasteiger partial charge in [0.1, 0.15) is 0 Å². The van der Waals surface area contributed by atoms with Crippen molar-refractivity contribution in [1.82, 2.24) is 4.98 Å². The van der Waals surface area contributed by atoms with Crippen molar-refractivity contribution in [3.05, 3.63) is 34.7 Å². The largest absolute Gasteiger partial charge is 0.253 e. The van der Waals surface area contributed by atoms with E-state index in [-0.39, 0.29) is 0 Å². The number of anilines is 1. The van der Waals surface area contributed by atoms with Gasteiger partial charge in [-0.1, -0.05) is 23.7 Å². The highest BCUT2D eigenvalue weighted by Gasteiger charge is 2.09. The minimum atomic E-state index is 0.728. The van der Waals surface area contributed by atoms with Gasteiger partial charge < -0.3 is 0 Å². The Morgan fingerprint density at radius 2 is 2.11 bits per heavy atom. The highest BCUT2D eigenvalue weighted by atomic mass is 35.5. The maximum absolute atomic E-state index is 5.99. The van der Waals surface area contributed by atoms with E-state index in [1.54, 1.807) is 11.3 Å². The van der Waals surface area contributed by atoms with Crippen LogP contribution in [0.3, 0.4) is 0 Å². The summed E-state index contributed by atoms with van der Waals surface area (Å²) in [4.78, 5) is 4.52. The molecule has 1 aliphatic carbocycles. The van der Waals surface area contributed by atoms with Crippen molar-refractivity contribution < 1.29 is 0 Å². The monoisotopic (exact) mass is 291 g/mol. The van der Waals surface area contributed by atoms with Crippen LogP contribution in [0.2, 0.25) is 5.02 Å². The minimum Gasteiger partial charge on any atom is -0.253 e. The second-order valence-electron chi connectivity index (χ2n) is 4.55. The van der Waals surface area contributed by atoms with Gasteiger partial charge in [0.25, 0.3) is 0 Å². The smallest absolute Gasteiger partial charge is 0.203 e. The second-order valence-corrected chi connectivity index (χ2v) is 5.84. The van der Waals surface area contributed by atoms with Gasteiger partial charge in [-0.15, -0.1) is 11.3 Å². The van der Waals surface area contributed by atoms with Crippen LogP contribution in [0.4, 0.5) is 5.13 Å². The second kappa shape index (κ2) is 5.72. The lowest BCUT2D eigenvalue weighted by Crippen LogP contribution is -1.95. The summed E-state index contributed by atoms with van der Waals surface area (Å²) in [5.41, 5.74) is 6.27. The molecule has 1 saturated carbocycles. The molecule has 1 fully saturated rings. The van der Waals surface area contributed by atoms with E-state index in [4.69, 9.17) is 11.6 Å². The van der Waals surface area contributed by atoms with Crippen molar-refractivity contribution in [2.24, 2.45) is 5.10 Å². The molecule has 1 N–H and O–H groups in total. The van der Waals surface area contributed by atoms with Crippen molar-refractivity contribution in [2.45, 2.75) is 25.7 Å². The van der Waals surface area contributed by atoms with Gasteiger partial charge in [-0.25, -0.2) is 4.98 Å². The van der Waals surface area contributed by atoms with Gasteiger partial charge in [-0.05, 0) is 37.8 Å². The van der Waals surface area contributed by atoms with E-state index in [9.17, 15) is 0 Å². The van der Waals surface area contributed by atoms with Crippen LogP contribution in [0.1, 0.15) is 25.7 Å². The van der Waals surface area contributed by atoms with Crippen LogP contribution in [0.25, 0.3) is 11.3 Å². The molecular weight excluding hydrogens is 278 g/mol. The van der Waals surface area contributed by atoms with Crippen molar-refractivity contribution >= 4 is 33.8 Å². The fourth-order valence-electron chi connectivity index (χ4n) is 2.13. The fourth-order valence-corrected chi connectivity index (χ4v) is 2.98. The summed E-state index contributed by atoms with van der Waals surface area (Å²) in [5.74, 6) is 0. The molecule has 0 amide bonds. The zero-order chi connectivity index (χ0) is 13.1. The van der Waals surface area contributed by atoms with Crippen LogP contribution in [0, 0.1) is 0 Å². The van der Waals surface area contributed by atoms with E-state index in [0.29, 0.717) is 0 Å². The minimum absolute atomic E-state index is 0.728. The summed E-state index contributed by atoms with van der Waals surface area (Å²) >= 11 is 7.55. The topological polar surface area (TPSA) is 37.3 Å². The fraction of sp³-hybridized carbons (Fsp3) is 0.286. The van der Waals surface area contributed by atoms with Crippen molar-refractivity contribution in [1.29, 1.82) is 0 Å². The SMILES string of the molecule is Clc1cccc(-c2csc(NN=C3CCCC3)n2)c1. The number of nitrogens with one attached hydrogen (secondary N) is 1. The number of halogens is 1. The van der Waals surface area contributed by atoms with E-state index in [2.05, 4.69) is 15.5 Å². The Kier molecular flexibility index (Phi) is 3.80. The van der Waals surface area contributed by atoms with Gasteiger partial charge in [0.2, 0.25) is 5.13 Å². The Bertz CT molecular complexity index is 598. The third-order valence-corrected chi connectivity index (χ3v) is 4.10. The number of rotatable bonds is 3. The molecule has 0 unspecified atom stereocenters. The van der Waals surface area contributed by atoms with Crippen molar-refractivity contribution in [2.75, 3.05) is 5.43 Å². The van der Waals surface area contributed by atoms with Crippen LogP contribution in [-0.4, -0.2) is 10.7 Å². The lowest BCUT2D eigenvalue weighted by molar-refractivity contribution is 0.886. The van der Waals surface area contributed by atoms with Gasteiger partial charge in [0, 0.05) is 21.7 Å². The molecule has 2 aromatic rings. The Morgan fingerprint density at radius 1 is 1.26 bits per heavy atom. The maximum Gasteiger partial charge on any atom is 0.203 e. The van der Waals surface area contributed by atoms with E-state index in [1.807, 2.05) is 29.6 Å². The van der Waals surface area contributed by atoms with Crippen LogP contribution in [0.5, 0.6) is 0 Å². The average molecular weight is 292 g/mol. The quantitative estimate of drug-likeness (QED) is 0.824. The molecule has 1 aromatic heterocycles. The van der Waals surface area contributed by atoms with E-state index in [1.165, 1.54) is 18.6 Å². The summed E-state index contributed by atoms with van der Waals surface area (Å²) in [7, 11) is 0. The average Bonchev–Trinajstić information content (AvgIpc) is 3.08. The molecule has 0 spiro atoms. The zero-order valence-electron chi connectivity index (χ0n) is 10.4. The molecule has 0 radical (unpaired) electrons. The van der Waals surface area contributed by atoms with Crippen LogP contribution in [0.15, 0.2) is 34.7 Å². The maximum atomic E-state index is 5.99. The van der Waals surface area contributed by atoms with Crippen molar-refractivity contribution in [3.8, 4) is 11.3 Å². The van der Waals surface area contributed by atoms with Gasteiger partial charge in [0.15, 0.2) is 0 Å². The number of thiazole rings is 1. The molecule has 0 atom stereocenters. The summed E-state index contributed by atoms with van der Waals surface area (Å²) in [5, 5.41) is 7.98. The molecule has 0 aliphatic heterocycles. The van der Waals surface area contributed by atoms with Gasteiger partial charge in [0.05, 0.1) is 5.69 Å². The molecule has 1 heterocycles. The third-order valence-electron chi connectivity index (χ3n) is 3.11. The van der Waals surface area contributed by atoms with E-state index in [0.717, 1.165) is 34.3 Å². The molecule has 1 aliphatic rings. The highest BCUT2D eigenvalue weighted by Crippen LogP contribution is 2.27. The highest BCUT2D eigenvalue weighted by molar-refractivity contribution is 7.14. The zero-order valence-corrected chi connectivity index (χ0v) is 12.0. The predicted octanol–water partition coefficient (Wildman–Crippen LogP) is 4.81. The normalized spacial score (nSPS) is 14.7. The lowest BCUT2D eigenvalue weighted by atomic mass is 10.2. The van der Waals surface area contributed by atoms with Crippen LogP contribution >= 0.6 is 22.9 Å². The molecule has 3 rings (SSSR count). The first-order valence-corrected chi connectivity index (χ1v) is 7.60. The number of hydrogen-bond acceptors (Lipinski definition) is 4. The summed E-state index contributed by atoms with van der Waals surface area (Å²) < 4.78 is 0. The summed E-state index contributed by atoms with van der Waals surface area (Å²) in [6.07, 6.45) is 4.73. The molecule has 0 saturated heterocycles. The summed E-state index contributed by atoms with van der Waals surface area (Å²) in [6.45, 7) is 0. The van der Waals surface area contributed by atoms with Crippen molar-refractivity contribution in [3.63, 3.8) is 0 Å². The molecular formula is C14H14ClN3S. The van der Waals surface area contributed by atoms with Crippen LogP contribution < -0.4 is 5.43 Å². The number of benzene rings is 1. The predicted molar refractivity (Wildman–Crippen MR) is 82.1 cm³/mol. The molecule has 98 valence electrons. The first-order chi connectivity index (χ1) is 9.31. The lowest BCUT2D eigenvalue weighted by Gasteiger charge is -1.98. The Hall–Kier alpha value is -1.39. The first-order valence-electron chi connectivity index (χ1n) is 6.34. The van der Waals surface area contributed by atoms with Gasteiger partial charge in [-0.3, -0.25) is 5.43 Å². The molecule has 3 nitrogen and oxygen atoms in total. The third kappa shape index (κ3) is 3.14.